The Balaban J connectivity index is 2.05. The van der Waals surface area contributed by atoms with E-state index in [-0.39, 0.29) is 17.9 Å². The lowest BCUT2D eigenvalue weighted by Crippen LogP contribution is -2.43. The summed E-state index contributed by atoms with van der Waals surface area (Å²) in [6, 6.07) is 15.5. The smallest absolute Gasteiger partial charge is 0.317 e. The molecule has 3 rings (SSSR count). The van der Waals surface area contributed by atoms with Crippen LogP contribution in [0.2, 0.25) is 0 Å². The summed E-state index contributed by atoms with van der Waals surface area (Å²) in [6.45, 7) is 6.86. The van der Waals surface area contributed by atoms with Crippen LogP contribution in [0, 0.1) is 5.82 Å². The van der Waals surface area contributed by atoms with Gasteiger partial charge in [-0.05, 0) is 32.4 Å². The molecule has 0 saturated carbocycles. The van der Waals surface area contributed by atoms with Crippen LogP contribution < -0.4 is 10.1 Å². The van der Waals surface area contributed by atoms with Gasteiger partial charge in [0, 0.05) is 31.3 Å². The molecule has 1 aromatic heterocycles. The van der Waals surface area contributed by atoms with E-state index in [1.807, 2.05) is 51.1 Å². The van der Waals surface area contributed by atoms with E-state index in [4.69, 9.17) is 4.74 Å². The van der Waals surface area contributed by atoms with Crippen LogP contribution in [0.4, 0.5) is 9.18 Å². The highest BCUT2D eigenvalue weighted by atomic mass is 19.1. The van der Waals surface area contributed by atoms with E-state index in [1.54, 1.807) is 28.8 Å². The number of nitrogens with zero attached hydrogens (tertiary/aromatic N) is 3. The third-order valence-electron chi connectivity index (χ3n) is 4.88. The van der Waals surface area contributed by atoms with Crippen molar-refractivity contribution < 1.29 is 13.9 Å². The third kappa shape index (κ3) is 5.42. The van der Waals surface area contributed by atoms with Gasteiger partial charge in [-0.25, -0.2) is 13.9 Å². The average Bonchev–Trinajstić information content (AvgIpc) is 3.06. The van der Waals surface area contributed by atoms with E-state index in [0.717, 1.165) is 23.2 Å². The molecule has 6 nitrogen and oxygen atoms in total. The maximum absolute atomic E-state index is 13.7. The van der Waals surface area contributed by atoms with Crippen LogP contribution in [0.25, 0.3) is 11.3 Å². The molecule has 164 valence electrons. The number of amides is 2. The third-order valence-corrected chi connectivity index (χ3v) is 4.88. The molecule has 3 aromatic rings. The fourth-order valence-corrected chi connectivity index (χ4v) is 3.29. The first-order valence-corrected chi connectivity index (χ1v) is 10.5. The largest absolute Gasteiger partial charge is 0.439 e. The summed E-state index contributed by atoms with van der Waals surface area (Å²) in [5.74, 6) is 0.459. The van der Waals surface area contributed by atoms with Crippen LogP contribution in [0.1, 0.15) is 32.8 Å². The number of halogens is 1. The van der Waals surface area contributed by atoms with Gasteiger partial charge in [-0.2, -0.15) is 5.10 Å². The van der Waals surface area contributed by atoms with Crippen molar-refractivity contribution in [2.75, 3.05) is 6.54 Å². The van der Waals surface area contributed by atoms with Crippen molar-refractivity contribution in [2.45, 2.75) is 39.8 Å². The topological polar surface area (TPSA) is 59.4 Å². The molecule has 0 bridgehead atoms. The number of aromatic nitrogens is 2. The van der Waals surface area contributed by atoms with Crippen LogP contribution >= 0.6 is 0 Å². The Morgan fingerprint density at radius 2 is 1.94 bits per heavy atom. The Hall–Kier alpha value is -3.35. The van der Waals surface area contributed by atoms with Crippen molar-refractivity contribution in [1.82, 2.24) is 20.0 Å². The summed E-state index contributed by atoms with van der Waals surface area (Å²) in [6.07, 6.45) is 0.855. The van der Waals surface area contributed by atoms with Gasteiger partial charge in [-0.15, -0.1) is 0 Å². The van der Waals surface area contributed by atoms with Gasteiger partial charge in [-0.1, -0.05) is 43.3 Å². The molecular weight excluding hydrogens is 395 g/mol. The summed E-state index contributed by atoms with van der Waals surface area (Å²) in [7, 11) is 1.78. The predicted molar refractivity (Wildman–Crippen MR) is 119 cm³/mol. The highest BCUT2D eigenvalue weighted by Crippen LogP contribution is 2.34. The van der Waals surface area contributed by atoms with E-state index in [9.17, 15) is 9.18 Å². The Kier molecular flexibility index (Phi) is 7.28. The van der Waals surface area contributed by atoms with E-state index < -0.39 is 0 Å². The Morgan fingerprint density at radius 3 is 2.58 bits per heavy atom. The van der Waals surface area contributed by atoms with E-state index in [2.05, 4.69) is 10.4 Å². The van der Waals surface area contributed by atoms with E-state index >= 15 is 0 Å². The minimum absolute atomic E-state index is 0.0392. The SMILES string of the molecule is CCCNC(=O)N(Cc1c(-c2ccccc2)nn(C)c1Oc1cccc(F)c1)C(C)C. The second-order valence-corrected chi connectivity index (χ2v) is 7.63. The van der Waals surface area contributed by atoms with Gasteiger partial charge >= 0.3 is 6.03 Å². The second-order valence-electron chi connectivity index (χ2n) is 7.63. The number of carbonyl (C=O) groups is 1. The van der Waals surface area contributed by atoms with Gasteiger partial charge < -0.3 is 15.0 Å². The fraction of sp³-hybridized carbons (Fsp3) is 0.333. The molecule has 0 atom stereocenters. The number of benzene rings is 2. The normalized spacial score (nSPS) is 10.9. The maximum atomic E-state index is 13.7. The number of hydrogen-bond acceptors (Lipinski definition) is 3. The summed E-state index contributed by atoms with van der Waals surface area (Å²) in [4.78, 5) is 14.6. The minimum atomic E-state index is -0.382. The molecule has 7 heteroatoms. The van der Waals surface area contributed by atoms with Crippen molar-refractivity contribution >= 4 is 6.03 Å². The minimum Gasteiger partial charge on any atom is -0.439 e. The molecule has 0 aliphatic carbocycles. The Bertz CT molecular complexity index is 1020. The van der Waals surface area contributed by atoms with Crippen molar-refractivity contribution in [1.29, 1.82) is 0 Å². The standard InChI is InChI=1S/C24H29FN4O2/c1-5-14-26-24(30)29(17(2)3)16-21-22(18-10-7-6-8-11-18)27-28(4)23(21)31-20-13-9-12-19(25)15-20/h6-13,15,17H,5,14,16H2,1-4H3,(H,26,30). The molecule has 2 aromatic carbocycles. The lowest BCUT2D eigenvalue weighted by molar-refractivity contribution is 0.179. The number of urea groups is 1. The molecule has 31 heavy (non-hydrogen) atoms. The summed E-state index contributed by atoms with van der Waals surface area (Å²) >= 11 is 0. The summed E-state index contributed by atoms with van der Waals surface area (Å²) in [5.41, 5.74) is 2.40. The van der Waals surface area contributed by atoms with Gasteiger partial charge in [0.05, 0.1) is 12.1 Å². The highest BCUT2D eigenvalue weighted by Gasteiger charge is 2.25. The first-order chi connectivity index (χ1) is 14.9. The quantitative estimate of drug-likeness (QED) is 0.530. The lowest BCUT2D eigenvalue weighted by atomic mass is 10.1. The lowest BCUT2D eigenvalue weighted by Gasteiger charge is -2.27. The number of ether oxygens (including phenoxy) is 1. The van der Waals surface area contributed by atoms with Crippen molar-refractivity contribution in [2.24, 2.45) is 7.05 Å². The van der Waals surface area contributed by atoms with Crippen molar-refractivity contribution in [3.63, 3.8) is 0 Å². The predicted octanol–water partition coefficient (Wildman–Crippen LogP) is 5.35. The van der Waals surface area contributed by atoms with E-state index in [1.165, 1.54) is 12.1 Å². The molecule has 2 amide bonds. The van der Waals surface area contributed by atoms with Gasteiger partial charge in [0.15, 0.2) is 0 Å². The molecule has 0 spiro atoms. The molecule has 0 unspecified atom stereocenters. The van der Waals surface area contributed by atoms with Crippen LogP contribution in [0.15, 0.2) is 54.6 Å². The van der Waals surface area contributed by atoms with Gasteiger partial charge in [0.1, 0.15) is 17.3 Å². The van der Waals surface area contributed by atoms with Gasteiger partial charge in [0.25, 0.3) is 0 Å². The van der Waals surface area contributed by atoms with Gasteiger partial charge in [-0.3, -0.25) is 0 Å². The molecule has 0 aliphatic heterocycles. The molecule has 0 aliphatic rings. The molecule has 1 N–H and O–H groups in total. The molecule has 1 heterocycles. The maximum Gasteiger partial charge on any atom is 0.317 e. The van der Waals surface area contributed by atoms with E-state index in [0.29, 0.717) is 24.7 Å². The molecular formula is C24H29FN4O2. The average molecular weight is 425 g/mol. The van der Waals surface area contributed by atoms with Crippen molar-refractivity contribution in [3.05, 3.63) is 66.0 Å². The zero-order valence-corrected chi connectivity index (χ0v) is 18.4. The fourth-order valence-electron chi connectivity index (χ4n) is 3.29. The summed E-state index contributed by atoms with van der Waals surface area (Å²) in [5, 5.41) is 7.62. The van der Waals surface area contributed by atoms with Crippen LogP contribution in [0.3, 0.4) is 0 Å². The van der Waals surface area contributed by atoms with Crippen LogP contribution in [0.5, 0.6) is 11.6 Å². The first-order valence-electron chi connectivity index (χ1n) is 10.5. The second kappa shape index (κ2) is 10.1. The summed E-state index contributed by atoms with van der Waals surface area (Å²) < 4.78 is 21.4. The number of rotatable bonds is 8. The number of hydrogen-bond donors (Lipinski definition) is 1. The Morgan fingerprint density at radius 1 is 1.19 bits per heavy atom. The molecule has 0 saturated heterocycles. The number of aryl methyl sites for hydroxylation is 1. The Labute approximate surface area is 182 Å². The number of carbonyl (C=O) groups excluding carboxylic acids is 1. The van der Waals surface area contributed by atoms with Gasteiger partial charge in [0.2, 0.25) is 5.88 Å². The van der Waals surface area contributed by atoms with Crippen LogP contribution in [-0.2, 0) is 13.6 Å². The number of nitrogens with one attached hydrogen (secondary N) is 1. The first kappa shape index (κ1) is 22.3. The zero-order chi connectivity index (χ0) is 22.4. The van der Waals surface area contributed by atoms with Crippen LogP contribution in [-0.4, -0.2) is 33.3 Å². The molecule has 0 fully saturated rings. The zero-order valence-electron chi connectivity index (χ0n) is 18.4. The highest BCUT2D eigenvalue weighted by molar-refractivity contribution is 5.75. The monoisotopic (exact) mass is 424 g/mol. The van der Waals surface area contributed by atoms with Crippen molar-refractivity contribution in [3.8, 4) is 22.9 Å². The molecule has 0 radical (unpaired) electrons.